The maximum Gasteiger partial charge on any atom is 0.223 e. The Morgan fingerprint density at radius 1 is 1.33 bits per heavy atom. The fourth-order valence-electron chi connectivity index (χ4n) is 1.69. The highest BCUT2D eigenvalue weighted by molar-refractivity contribution is 6.18. The number of carbonyl (C=O) groups excluding carboxylic acids is 1. The summed E-state index contributed by atoms with van der Waals surface area (Å²) in [5.41, 5.74) is 0.178. The molecule has 0 heterocycles. The molecular formula is C14H18ClNO2. The number of alkyl halides is 1. The summed E-state index contributed by atoms with van der Waals surface area (Å²) in [6.45, 7) is 1.10. The Balaban J connectivity index is 1.60. The van der Waals surface area contributed by atoms with Crippen LogP contribution in [0.25, 0.3) is 0 Å². The lowest BCUT2D eigenvalue weighted by Gasteiger charge is -2.12. The lowest BCUT2D eigenvalue weighted by molar-refractivity contribution is -0.121. The summed E-state index contributed by atoms with van der Waals surface area (Å²) < 4.78 is 5.46. The Kier molecular flexibility index (Phi) is 4.48. The van der Waals surface area contributed by atoms with Crippen LogP contribution in [0.2, 0.25) is 0 Å². The van der Waals surface area contributed by atoms with E-state index >= 15 is 0 Å². The summed E-state index contributed by atoms with van der Waals surface area (Å²) in [5, 5.41) is 2.92. The van der Waals surface area contributed by atoms with Gasteiger partial charge in [-0.2, -0.15) is 0 Å². The lowest BCUT2D eigenvalue weighted by Crippen LogP contribution is -2.31. The van der Waals surface area contributed by atoms with Crippen LogP contribution in [0.3, 0.4) is 0 Å². The van der Waals surface area contributed by atoms with Crippen molar-refractivity contribution in [3.05, 3.63) is 30.3 Å². The molecule has 2 rings (SSSR count). The molecule has 1 aromatic rings. The summed E-state index contributed by atoms with van der Waals surface area (Å²) in [5.74, 6) is 1.46. The van der Waals surface area contributed by atoms with Gasteiger partial charge in [-0.05, 0) is 25.0 Å². The van der Waals surface area contributed by atoms with Crippen molar-refractivity contribution in [2.24, 2.45) is 5.41 Å². The first-order chi connectivity index (χ1) is 8.74. The number of rotatable bonds is 7. The second kappa shape index (κ2) is 6.10. The molecule has 4 heteroatoms. The smallest absolute Gasteiger partial charge is 0.223 e. The van der Waals surface area contributed by atoms with Crippen molar-refractivity contribution in [2.45, 2.75) is 19.3 Å². The molecule has 0 bridgehead atoms. The lowest BCUT2D eigenvalue weighted by atomic mass is 10.1. The molecule has 1 amide bonds. The third-order valence-electron chi connectivity index (χ3n) is 3.24. The fourth-order valence-corrected chi connectivity index (χ4v) is 2.05. The molecule has 1 aliphatic rings. The summed E-state index contributed by atoms with van der Waals surface area (Å²) in [6.07, 6.45) is 2.63. The SMILES string of the molecule is O=C(CCOc1ccccc1)NCC1(CCl)CC1. The van der Waals surface area contributed by atoms with Crippen molar-refractivity contribution < 1.29 is 9.53 Å². The minimum absolute atomic E-state index is 0.0299. The van der Waals surface area contributed by atoms with Gasteiger partial charge in [0.1, 0.15) is 5.75 Å². The van der Waals surface area contributed by atoms with Gasteiger partial charge in [-0.3, -0.25) is 4.79 Å². The minimum Gasteiger partial charge on any atom is -0.493 e. The van der Waals surface area contributed by atoms with E-state index in [0.717, 1.165) is 18.6 Å². The van der Waals surface area contributed by atoms with Crippen molar-refractivity contribution in [1.29, 1.82) is 0 Å². The maximum atomic E-state index is 11.6. The van der Waals surface area contributed by atoms with Gasteiger partial charge in [0.25, 0.3) is 0 Å². The number of hydrogen-bond donors (Lipinski definition) is 1. The highest BCUT2D eigenvalue weighted by Crippen LogP contribution is 2.45. The molecule has 98 valence electrons. The summed E-state index contributed by atoms with van der Waals surface area (Å²) in [4.78, 5) is 11.6. The van der Waals surface area contributed by atoms with Crippen molar-refractivity contribution in [3.8, 4) is 5.75 Å². The number of ether oxygens (including phenoxy) is 1. The molecular weight excluding hydrogens is 250 g/mol. The van der Waals surface area contributed by atoms with Gasteiger partial charge in [-0.15, -0.1) is 11.6 Å². The van der Waals surface area contributed by atoms with Crippen LogP contribution in [0.15, 0.2) is 30.3 Å². The van der Waals surface area contributed by atoms with Crippen LogP contribution in [0, 0.1) is 5.41 Å². The zero-order valence-electron chi connectivity index (χ0n) is 10.3. The molecule has 1 N–H and O–H groups in total. The van der Waals surface area contributed by atoms with Crippen molar-refractivity contribution in [3.63, 3.8) is 0 Å². The van der Waals surface area contributed by atoms with E-state index in [0.29, 0.717) is 25.5 Å². The second-order valence-corrected chi connectivity index (χ2v) is 5.09. The molecule has 1 fully saturated rings. The molecule has 1 aliphatic carbocycles. The van der Waals surface area contributed by atoms with Crippen molar-refractivity contribution >= 4 is 17.5 Å². The first kappa shape index (κ1) is 13.2. The third-order valence-corrected chi connectivity index (χ3v) is 3.81. The van der Waals surface area contributed by atoms with Gasteiger partial charge in [0, 0.05) is 17.8 Å². The zero-order chi connectivity index (χ0) is 12.8. The first-order valence-electron chi connectivity index (χ1n) is 6.25. The van der Waals surface area contributed by atoms with E-state index in [1.54, 1.807) is 0 Å². The summed E-state index contributed by atoms with van der Waals surface area (Å²) in [7, 11) is 0. The normalized spacial score (nSPS) is 16.1. The Morgan fingerprint density at radius 2 is 2.06 bits per heavy atom. The number of benzene rings is 1. The Labute approximate surface area is 112 Å². The third kappa shape index (κ3) is 3.91. The van der Waals surface area contributed by atoms with Crippen LogP contribution >= 0.6 is 11.6 Å². The summed E-state index contributed by atoms with van der Waals surface area (Å²) in [6, 6.07) is 9.51. The highest BCUT2D eigenvalue weighted by atomic mass is 35.5. The van der Waals surface area contributed by atoms with Gasteiger partial charge in [-0.25, -0.2) is 0 Å². The topological polar surface area (TPSA) is 38.3 Å². The van der Waals surface area contributed by atoms with E-state index in [4.69, 9.17) is 16.3 Å². The number of para-hydroxylation sites is 1. The molecule has 0 aliphatic heterocycles. The van der Waals surface area contributed by atoms with Crippen LogP contribution in [0.4, 0.5) is 0 Å². The Bertz CT molecular complexity index is 390. The van der Waals surface area contributed by atoms with Gasteiger partial charge in [-0.1, -0.05) is 18.2 Å². The number of nitrogens with one attached hydrogen (secondary N) is 1. The molecule has 18 heavy (non-hydrogen) atoms. The highest BCUT2D eigenvalue weighted by Gasteiger charge is 2.41. The van der Waals surface area contributed by atoms with Crippen LogP contribution in [0.1, 0.15) is 19.3 Å². The molecule has 0 saturated heterocycles. The largest absolute Gasteiger partial charge is 0.493 e. The van der Waals surface area contributed by atoms with Gasteiger partial charge in [0.2, 0.25) is 5.91 Å². The molecule has 0 aromatic heterocycles. The number of hydrogen-bond acceptors (Lipinski definition) is 2. The van der Waals surface area contributed by atoms with Gasteiger partial charge in [0.05, 0.1) is 13.0 Å². The molecule has 1 saturated carbocycles. The van der Waals surface area contributed by atoms with E-state index in [2.05, 4.69) is 5.32 Å². The number of halogens is 1. The van der Waals surface area contributed by atoms with Crippen molar-refractivity contribution in [2.75, 3.05) is 19.0 Å². The van der Waals surface area contributed by atoms with Gasteiger partial charge in [0.15, 0.2) is 0 Å². The first-order valence-corrected chi connectivity index (χ1v) is 6.78. The summed E-state index contributed by atoms with van der Waals surface area (Å²) >= 11 is 5.85. The number of amides is 1. The van der Waals surface area contributed by atoms with E-state index in [1.807, 2.05) is 30.3 Å². The zero-order valence-corrected chi connectivity index (χ0v) is 11.1. The van der Waals surface area contributed by atoms with Crippen LogP contribution in [-0.4, -0.2) is 24.9 Å². The Morgan fingerprint density at radius 3 is 2.67 bits per heavy atom. The van der Waals surface area contributed by atoms with Crippen LogP contribution < -0.4 is 10.1 Å². The van der Waals surface area contributed by atoms with Gasteiger partial charge >= 0.3 is 0 Å². The molecule has 0 spiro atoms. The molecule has 0 unspecified atom stereocenters. The average molecular weight is 268 g/mol. The van der Waals surface area contributed by atoms with E-state index in [1.165, 1.54) is 0 Å². The number of carbonyl (C=O) groups is 1. The van der Waals surface area contributed by atoms with Gasteiger partial charge < -0.3 is 10.1 Å². The minimum atomic E-state index is 0.0299. The standard InChI is InChI=1S/C14H18ClNO2/c15-10-14(7-8-14)11-16-13(17)6-9-18-12-4-2-1-3-5-12/h1-5H,6-11H2,(H,16,17). The second-order valence-electron chi connectivity index (χ2n) is 4.82. The predicted octanol–water partition coefficient (Wildman–Crippen LogP) is 2.59. The van der Waals surface area contributed by atoms with Crippen LogP contribution in [-0.2, 0) is 4.79 Å². The van der Waals surface area contributed by atoms with Crippen molar-refractivity contribution in [1.82, 2.24) is 5.32 Å². The molecule has 0 atom stereocenters. The monoisotopic (exact) mass is 267 g/mol. The predicted molar refractivity (Wildman–Crippen MR) is 72.0 cm³/mol. The quantitative estimate of drug-likeness (QED) is 0.771. The average Bonchev–Trinajstić information content (AvgIpc) is 3.18. The van der Waals surface area contributed by atoms with E-state index in [9.17, 15) is 4.79 Å². The molecule has 1 aromatic carbocycles. The van der Waals surface area contributed by atoms with Crippen LogP contribution in [0.5, 0.6) is 5.75 Å². The Hall–Kier alpha value is -1.22. The molecule has 3 nitrogen and oxygen atoms in total. The maximum absolute atomic E-state index is 11.6. The fraction of sp³-hybridized carbons (Fsp3) is 0.500. The molecule has 0 radical (unpaired) electrons. The van der Waals surface area contributed by atoms with E-state index < -0.39 is 0 Å². The van der Waals surface area contributed by atoms with E-state index in [-0.39, 0.29) is 11.3 Å².